The van der Waals surface area contributed by atoms with Crippen molar-refractivity contribution in [1.29, 1.82) is 0 Å². The van der Waals surface area contributed by atoms with E-state index in [1.54, 1.807) is 0 Å². The summed E-state index contributed by atoms with van der Waals surface area (Å²) in [6.45, 7) is 13.9. The van der Waals surface area contributed by atoms with Gasteiger partial charge in [0.05, 0.1) is 22.0 Å². The Balaban J connectivity index is 1.21. The molecule has 0 aliphatic carbocycles. The second kappa shape index (κ2) is 19.0. The van der Waals surface area contributed by atoms with Gasteiger partial charge in [0.1, 0.15) is 46.8 Å². The van der Waals surface area contributed by atoms with Gasteiger partial charge < -0.3 is 35.1 Å². The molecule has 0 bridgehead atoms. The number of ether oxygens (including phenoxy) is 3. The van der Waals surface area contributed by atoms with E-state index in [1.165, 1.54) is 48.0 Å². The van der Waals surface area contributed by atoms with Gasteiger partial charge in [-0.15, -0.1) is 5.11 Å². The monoisotopic (exact) mass is 906 g/mol. The Hall–Kier alpha value is -6.28. The summed E-state index contributed by atoms with van der Waals surface area (Å²) in [7, 11) is -9.94. The third-order valence-electron chi connectivity index (χ3n) is 10.6. The topological polar surface area (TPSA) is 260 Å². The molecule has 63 heavy (non-hydrogen) atoms. The van der Waals surface area contributed by atoms with Gasteiger partial charge in [0.25, 0.3) is 26.1 Å². The fourth-order valence-electron chi connectivity index (χ4n) is 6.26. The van der Waals surface area contributed by atoms with Crippen LogP contribution in [0.5, 0.6) is 28.7 Å². The van der Waals surface area contributed by atoms with Crippen molar-refractivity contribution >= 4 is 65.6 Å². The smallest absolute Gasteiger partial charge is 0.296 e. The van der Waals surface area contributed by atoms with Crippen LogP contribution < -0.4 is 24.8 Å². The van der Waals surface area contributed by atoms with Crippen LogP contribution in [0, 0.1) is 0 Å². The lowest BCUT2D eigenvalue weighted by Crippen LogP contribution is -2.24. The van der Waals surface area contributed by atoms with Crippen LogP contribution >= 0.6 is 0 Å². The highest BCUT2D eigenvalue weighted by molar-refractivity contribution is 7.86. The summed E-state index contributed by atoms with van der Waals surface area (Å²) in [5.74, 6) is -0.864. The molecular formula is C44H50N4O13S2. The largest absolute Gasteiger partial charge is 0.506 e. The molecule has 0 saturated heterocycles. The highest BCUT2D eigenvalue weighted by Crippen LogP contribution is 2.45. The third kappa shape index (κ3) is 11.8. The van der Waals surface area contributed by atoms with Crippen molar-refractivity contribution < 1.29 is 60.0 Å². The van der Waals surface area contributed by atoms with Crippen LogP contribution in [-0.4, -0.2) is 67.8 Å². The number of amides is 2. The van der Waals surface area contributed by atoms with E-state index < -0.39 is 53.3 Å². The summed E-state index contributed by atoms with van der Waals surface area (Å²) in [4.78, 5) is 23.2. The Kier molecular flexibility index (Phi) is 14.4. The number of phenolic OH excluding ortho intramolecular Hbond substituents is 2. The molecule has 0 fully saturated rings. The average molecular weight is 907 g/mol. The Morgan fingerprint density at radius 1 is 0.698 bits per heavy atom. The number of phenols is 2. The average Bonchev–Trinajstić information content (AvgIpc) is 3.21. The van der Waals surface area contributed by atoms with Crippen molar-refractivity contribution in [1.82, 2.24) is 0 Å². The van der Waals surface area contributed by atoms with Gasteiger partial charge in [-0.3, -0.25) is 18.7 Å². The molecule has 2 amide bonds. The summed E-state index contributed by atoms with van der Waals surface area (Å²) in [5, 5.41) is 33.9. The van der Waals surface area contributed by atoms with Gasteiger partial charge in [0, 0.05) is 23.9 Å². The number of nitrogens with one attached hydrogen (secondary N) is 2. The molecule has 5 aromatic carbocycles. The first-order chi connectivity index (χ1) is 29.4. The van der Waals surface area contributed by atoms with Crippen LogP contribution in [0.25, 0.3) is 10.8 Å². The molecule has 0 spiro atoms. The number of hydrogen-bond acceptors (Lipinski definition) is 13. The van der Waals surface area contributed by atoms with Gasteiger partial charge in [-0.25, -0.2) is 0 Å². The summed E-state index contributed by atoms with van der Waals surface area (Å²) >= 11 is 0. The first-order valence-corrected chi connectivity index (χ1v) is 22.6. The van der Waals surface area contributed by atoms with Gasteiger partial charge in [-0.1, -0.05) is 53.7 Å². The lowest BCUT2D eigenvalue weighted by atomic mass is 9.76. The predicted molar refractivity (Wildman–Crippen MR) is 236 cm³/mol. The Labute approximate surface area is 365 Å². The highest BCUT2D eigenvalue weighted by Gasteiger charge is 2.28. The zero-order valence-electron chi connectivity index (χ0n) is 35.7. The van der Waals surface area contributed by atoms with Gasteiger partial charge in [0.15, 0.2) is 12.4 Å². The number of aromatic hydroxyl groups is 2. The standard InChI is InChI=1S/C44H50N4O13S2/c1-8-43(4,5)28-10-17-37(33(22-28)44(6,7)9-2)61-25-39(51)46-34-23-31(15-16-36(34)50)60-19-18-59-30-13-11-29(12-14-30)47-48-41-38(63(56,57)58)21-27-20-32(62(53,54)55)24-35(45-26(3)49)40(27)42(41)52/h10-17,20-24,50,52H,8-9,18-19,25H2,1-7H3,(H,45,49)(H,46,51)(H,53,54,55)(H,56,57,58)/b48-47+. The molecule has 6 N–H and O–H groups in total. The molecule has 336 valence electrons. The van der Waals surface area contributed by atoms with E-state index in [0.717, 1.165) is 43.5 Å². The molecule has 0 atom stereocenters. The van der Waals surface area contributed by atoms with Crippen molar-refractivity contribution in [3.63, 3.8) is 0 Å². The van der Waals surface area contributed by atoms with E-state index in [2.05, 4.69) is 68.5 Å². The van der Waals surface area contributed by atoms with Crippen LogP contribution in [-0.2, 0) is 40.7 Å². The number of benzene rings is 5. The number of anilines is 2. The summed E-state index contributed by atoms with van der Waals surface area (Å²) in [6, 6.07) is 18.9. The number of carbonyl (C=O) groups is 2. The molecule has 0 aromatic heterocycles. The number of azo groups is 1. The molecular weight excluding hydrogens is 857 g/mol. The Morgan fingerprint density at radius 2 is 1.33 bits per heavy atom. The van der Waals surface area contributed by atoms with Crippen LogP contribution in [0.4, 0.5) is 22.7 Å². The zero-order valence-corrected chi connectivity index (χ0v) is 37.3. The van der Waals surface area contributed by atoms with Crippen molar-refractivity contribution in [3.8, 4) is 28.7 Å². The van der Waals surface area contributed by atoms with Crippen LogP contribution in [0.15, 0.2) is 98.9 Å². The van der Waals surface area contributed by atoms with Crippen molar-refractivity contribution in [2.45, 2.75) is 81.9 Å². The number of hydrogen-bond donors (Lipinski definition) is 6. The molecule has 19 heteroatoms. The molecule has 17 nitrogen and oxygen atoms in total. The molecule has 0 aliphatic rings. The summed E-state index contributed by atoms with van der Waals surface area (Å²) in [6.07, 6.45) is 1.83. The summed E-state index contributed by atoms with van der Waals surface area (Å²) < 4.78 is 85.5. The normalized spacial score (nSPS) is 12.3. The molecule has 0 radical (unpaired) electrons. The molecule has 0 aliphatic heterocycles. The minimum absolute atomic E-state index is 0.0250. The maximum Gasteiger partial charge on any atom is 0.296 e. The van der Waals surface area contributed by atoms with E-state index in [-0.39, 0.29) is 64.2 Å². The number of fused-ring (bicyclic) bond motifs is 1. The van der Waals surface area contributed by atoms with Crippen molar-refractivity contribution in [2.24, 2.45) is 10.2 Å². The zero-order chi connectivity index (χ0) is 46.5. The van der Waals surface area contributed by atoms with E-state index in [9.17, 15) is 45.7 Å². The van der Waals surface area contributed by atoms with Gasteiger partial charge >= 0.3 is 0 Å². The van der Waals surface area contributed by atoms with Gasteiger partial charge in [-0.2, -0.15) is 21.9 Å². The summed E-state index contributed by atoms with van der Waals surface area (Å²) in [5.41, 5.74) is 1.25. The second-order valence-corrected chi connectivity index (χ2v) is 18.7. The fourth-order valence-corrected chi connectivity index (χ4v) is 7.46. The maximum absolute atomic E-state index is 13.0. The Morgan fingerprint density at radius 3 is 1.94 bits per heavy atom. The lowest BCUT2D eigenvalue weighted by molar-refractivity contribution is -0.118. The molecule has 0 heterocycles. The van der Waals surface area contributed by atoms with Gasteiger partial charge in [-0.05, 0) is 95.3 Å². The molecule has 0 saturated carbocycles. The van der Waals surface area contributed by atoms with E-state index in [1.807, 2.05) is 12.1 Å². The minimum Gasteiger partial charge on any atom is -0.506 e. The molecule has 0 unspecified atom stereocenters. The SMILES string of the molecule is CCC(C)(C)c1ccc(OCC(=O)Nc2cc(OCCOc3ccc(/N=N/c4c(S(=O)(=O)O)cc5cc(S(=O)(=O)O)cc(NC(C)=O)c5c4O)cc3)ccc2O)c(C(C)(C)CC)c1. The fraction of sp³-hybridized carbons (Fsp3) is 0.318. The van der Waals surface area contributed by atoms with Crippen LogP contribution in [0.2, 0.25) is 0 Å². The quantitative estimate of drug-likeness (QED) is 0.0208. The number of nitrogens with zero attached hydrogens (tertiary/aromatic N) is 2. The first-order valence-electron chi connectivity index (χ1n) is 19.7. The first kappa shape index (κ1) is 47.8. The predicted octanol–water partition coefficient (Wildman–Crippen LogP) is 8.97. The lowest BCUT2D eigenvalue weighted by Gasteiger charge is -2.30. The van der Waals surface area contributed by atoms with Gasteiger partial charge in [0.2, 0.25) is 5.91 Å². The Bertz CT molecular complexity index is 2790. The number of rotatable bonds is 18. The van der Waals surface area contributed by atoms with E-state index >= 15 is 0 Å². The van der Waals surface area contributed by atoms with Crippen LogP contribution in [0.1, 0.15) is 72.4 Å². The minimum atomic E-state index is -5.09. The second-order valence-electron chi connectivity index (χ2n) is 15.9. The van der Waals surface area contributed by atoms with Crippen molar-refractivity contribution in [2.75, 3.05) is 30.5 Å². The van der Waals surface area contributed by atoms with E-state index in [0.29, 0.717) is 17.2 Å². The molecule has 5 rings (SSSR count). The highest BCUT2D eigenvalue weighted by atomic mass is 32.2. The van der Waals surface area contributed by atoms with E-state index in [4.69, 9.17) is 14.2 Å². The van der Waals surface area contributed by atoms with Crippen LogP contribution in [0.3, 0.4) is 0 Å². The van der Waals surface area contributed by atoms with Crippen molar-refractivity contribution in [3.05, 3.63) is 90.0 Å². The molecule has 5 aromatic rings. The maximum atomic E-state index is 13.0. The number of carbonyl (C=O) groups excluding carboxylic acids is 2. The third-order valence-corrected chi connectivity index (χ3v) is 12.3.